The molecule has 1 unspecified atom stereocenters. The van der Waals surface area contributed by atoms with Gasteiger partial charge in [0.2, 0.25) is 10.0 Å². The van der Waals surface area contributed by atoms with Gasteiger partial charge in [-0.25, -0.2) is 23.1 Å². The van der Waals surface area contributed by atoms with Gasteiger partial charge in [0.15, 0.2) is 0 Å². The van der Waals surface area contributed by atoms with Gasteiger partial charge in [0, 0.05) is 22.7 Å². The maximum atomic E-state index is 12.0. The summed E-state index contributed by atoms with van der Waals surface area (Å²) < 4.78 is 26.3. The highest BCUT2D eigenvalue weighted by Gasteiger charge is 2.13. The fraction of sp³-hybridized carbons (Fsp3) is 0.143. The van der Waals surface area contributed by atoms with Crippen LogP contribution in [-0.4, -0.2) is 25.4 Å². The molecule has 7 nitrogen and oxygen atoms in total. The molecule has 1 aromatic heterocycles. The van der Waals surface area contributed by atoms with Crippen molar-refractivity contribution in [2.75, 3.05) is 17.7 Å². The van der Waals surface area contributed by atoms with Crippen molar-refractivity contribution in [3.8, 4) is 0 Å². The molecule has 0 aliphatic carbocycles. The summed E-state index contributed by atoms with van der Waals surface area (Å²) in [5.74, 6) is 1.19. The minimum atomic E-state index is -3.51. The lowest BCUT2D eigenvalue weighted by Crippen LogP contribution is -2.18. The maximum Gasteiger partial charge on any atom is 0.240 e. The van der Waals surface area contributed by atoms with Crippen LogP contribution in [0.4, 0.5) is 23.0 Å². The van der Waals surface area contributed by atoms with Crippen LogP contribution in [0, 0.1) is 0 Å². The van der Waals surface area contributed by atoms with E-state index in [0.717, 1.165) is 12.1 Å². The van der Waals surface area contributed by atoms with Gasteiger partial charge in [0.1, 0.15) is 18.0 Å². The first kappa shape index (κ1) is 20.4. The molecule has 3 N–H and O–H groups in total. The van der Waals surface area contributed by atoms with Crippen molar-refractivity contribution in [1.29, 1.82) is 0 Å². The van der Waals surface area contributed by atoms with Gasteiger partial charge >= 0.3 is 0 Å². The van der Waals surface area contributed by atoms with Crippen LogP contribution in [0.2, 0.25) is 0 Å². The fourth-order valence-electron chi connectivity index (χ4n) is 3.03. The van der Waals surface area contributed by atoms with E-state index in [2.05, 4.69) is 48.9 Å². The van der Waals surface area contributed by atoms with Crippen LogP contribution in [0.1, 0.15) is 17.2 Å². The number of nitrogens with one attached hydrogen (secondary N) is 3. The van der Waals surface area contributed by atoms with E-state index >= 15 is 0 Å². The zero-order chi connectivity index (χ0) is 21.0. The molecular weight excluding hydrogens is 418 g/mol. The zero-order valence-electron chi connectivity index (χ0n) is 16.2. The fourth-order valence-corrected chi connectivity index (χ4v) is 4.75. The molecule has 2 aromatic carbocycles. The van der Waals surface area contributed by atoms with Gasteiger partial charge in [0.05, 0.1) is 4.90 Å². The van der Waals surface area contributed by atoms with E-state index in [9.17, 15) is 8.42 Å². The molecule has 1 aliphatic rings. The van der Waals surface area contributed by atoms with Gasteiger partial charge < -0.3 is 10.6 Å². The third-order valence-corrected chi connectivity index (χ3v) is 7.15. The molecule has 0 radical (unpaired) electrons. The molecule has 0 saturated heterocycles. The van der Waals surface area contributed by atoms with Crippen LogP contribution in [-0.2, 0) is 10.0 Å². The second-order valence-corrected chi connectivity index (χ2v) is 9.63. The zero-order valence-corrected chi connectivity index (χ0v) is 17.9. The van der Waals surface area contributed by atoms with E-state index in [0.29, 0.717) is 22.6 Å². The van der Waals surface area contributed by atoms with Crippen LogP contribution in [0.25, 0.3) is 0 Å². The second-order valence-electron chi connectivity index (χ2n) is 6.63. The number of sulfonamides is 1. The van der Waals surface area contributed by atoms with Crippen molar-refractivity contribution in [2.24, 2.45) is 0 Å². The molecule has 1 aliphatic heterocycles. The molecule has 2 heterocycles. The standard InChI is InChI=1S/C21H21N5O2S2/c1-22-30(27,28)18-5-2-4-17(12-18)26-21-13-20(23-14-24-21)25-16-9-7-15(8-10-16)19-6-3-11-29-19/h2-5,7-14,19,22H,6H2,1H3,(H2,23,24,25,26). The Morgan fingerprint density at radius 2 is 1.70 bits per heavy atom. The van der Waals surface area contributed by atoms with Crippen LogP contribution >= 0.6 is 11.8 Å². The Bertz CT molecular complexity index is 1160. The summed E-state index contributed by atoms with van der Waals surface area (Å²) in [5, 5.41) is 9.04. The number of allylic oxidation sites excluding steroid dienone is 1. The quantitative estimate of drug-likeness (QED) is 0.496. The highest BCUT2D eigenvalue weighted by Crippen LogP contribution is 2.38. The summed E-state index contributed by atoms with van der Waals surface area (Å²) in [6, 6.07) is 16.6. The highest BCUT2D eigenvalue weighted by molar-refractivity contribution is 8.02. The van der Waals surface area contributed by atoms with E-state index < -0.39 is 10.0 Å². The van der Waals surface area contributed by atoms with Gasteiger partial charge in [-0.15, -0.1) is 11.8 Å². The lowest BCUT2D eigenvalue weighted by Gasteiger charge is -2.12. The third-order valence-electron chi connectivity index (χ3n) is 4.60. The van der Waals surface area contributed by atoms with Crippen LogP contribution in [0.3, 0.4) is 0 Å². The normalized spacial score (nSPS) is 15.8. The predicted octanol–water partition coefficient (Wildman–Crippen LogP) is 4.56. The molecule has 9 heteroatoms. The third kappa shape index (κ3) is 4.81. The SMILES string of the molecule is CNS(=O)(=O)c1cccc(Nc2cc(Nc3ccc(C4CC=CS4)cc3)ncn2)c1. The summed E-state index contributed by atoms with van der Waals surface area (Å²) in [4.78, 5) is 8.66. The summed E-state index contributed by atoms with van der Waals surface area (Å²) in [6.45, 7) is 0. The number of rotatable bonds is 7. The van der Waals surface area contributed by atoms with Crippen LogP contribution < -0.4 is 15.4 Å². The molecule has 3 aromatic rings. The molecule has 154 valence electrons. The molecular formula is C21H21N5O2S2. The number of aromatic nitrogens is 2. The van der Waals surface area contributed by atoms with Crippen molar-refractivity contribution in [1.82, 2.24) is 14.7 Å². The number of benzene rings is 2. The second kappa shape index (κ2) is 8.86. The summed E-state index contributed by atoms with van der Waals surface area (Å²) in [5.41, 5.74) is 2.85. The number of anilines is 4. The summed E-state index contributed by atoms with van der Waals surface area (Å²) in [6.07, 6.45) is 4.71. The Hall–Kier alpha value is -2.88. The summed E-state index contributed by atoms with van der Waals surface area (Å²) >= 11 is 1.84. The molecule has 0 spiro atoms. The predicted molar refractivity (Wildman–Crippen MR) is 122 cm³/mol. The van der Waals surface area contributed by atoms with E-state index in [1.165, 1.54) is 25.0 Å². The highest BCUT2D eigenvalue weighted by atomic mass is 32.2. The number of hydrogen-bond acceptors (Lipinski definition) is 7. The van der Waals surface area contributed by atoms with Crippen molar-refractivity contribution >= 4 is 44.8 Å². The Labute approximate surface area is 180 Å². The maximum absolute atomic E-state index is 12.0. The monoisotopic (exact) mass is 439 g/mol. The van der Waals surface area contributed by atoms with E-state index in [1.54, 1.807) is 24.3 Å². The Balaban J connectivity index is 1.46. The number of nitrogens with zero attached hydrogens (tertiary/aromatic N) is 2. The van der Waals surface area contributed by atoms with Crippen molar-refractivity contribution in [2.45, 2.75) is 16.6 Å². The Morgan fingerprint density at radius 3 is 2.37 bits per heavy atom. The first-order chi connectivity index (χ1) is 14.5. The van der Waals surface area contributed by atoms with Gasteiger partial charge in [-0.2, -0.15) is 0 Å². The average molecular weight is 440 g/mol. The van der Waals surface area contributed by atoms with Crippen molar-refractivity contribution in [3.05, 3.63) is 78.0 Å². The first-order valence-corrected chi connectivity index (χ1v) is 11.8. The largest absolute Gasteiger partial charge is 0.340 e. The minimum absolute atomic E-state index is 0.179. The van der Waals surface area contributed by atoms with Crippen LogP contribution in [0.5, 0.6) is 0 Å². The van der Waals surface area contributed by atoms with E-state index in [4.69, 9.17) is 0 Å². The molecule has 30 heavy (non-hydrogen) atoms. The lowest BCUT2D eigenvalue weighted by molar-refractivity contribution is 0.588. The average Bonchev–Trinajstić information content (AvgIpc) is 3.30. The van der Waals surface area contributed by atoms with E-state index in [-0.39, 0.29) is 4.90 Å². The van der Waals surface area contributed by atoms with Gasteiger partial charge in [-0.3, -0.25) is 0 Å². The molecule has 4 rings (SSSR count). The Morgan fingerprint density at radius 1 is 0.967 bits per heavy atom. The Kier molecular flexibility index (Phi) is 6.03. The van der Waals surface area contributed by atoms with E-state index in [1.807, 2.05) is 23.9 Å². The van der Waals surface area contributed by atoms with Crippen LogP contribution in [0.15, 0.2) is 77.3 Å². The topological polar surface area (TPSA) is 96.0 Å². The number of thioether (sulfide) groups is 1. The first-order valence-electron chi connectivity index (χ1n) is 9.34. The van der Waals surface area contributed by atoms with Gasteiger partial charge in [-0.05, 0) is 54.8 Å². The molecule has 0 bridgehead atoms. The summed E-state index contributed by atoms with van der Waals surface area (Å²) in [7, 11) is -2.13. The molecule has 0 saturated carbocycles. The molecule has 1 atom stereocenters. The molecule has 0 fully saturated rings. The van der Waals surface area contributed by atoms with Gasteiger partial charge in [-0.1, -0.05) is 24.3 Å². The smallest absolute Gasteiger partial charge is 0.240 e. The van der Waals surface area contributed by atoms with Crippen molar-refractivity contribution in [3.63, 3.8) is 0 Å². The number of hydrogen-bond donors (Lipinski definition) is 3. The van der Waals surface area contributed by atoms with Crippen molar-refractivity contribution < 1.29 is 8.42 Å². The minimum Gasteiger partial charge on any atom is -0.340 e. The lowest BCUT2D eigenvalue weighted by atomic mass is 10.1. The van der Waals surface area contributed by atoms with Gasteiger partial charge in [0.25, 0.3) is 0 Å². The molecule has 0 amide bonds.